The van der Waals surface area contributed by atoms with Crippen LogP contribution in [0.3, 0.4) is 0 Å². The van der Waals surface area contributed by atoms with Gasteiger partial charge < -0.3 is 15.5 Å². The molecule has 0 saturated heterocycles. The maximum Gasteiger partial charge on any atom is 0.242 e. The molecule has 1 amide bonds. The molecule has 26 heavy (non-hydrogen) atoms. The number of thiophene rings is 1. The smallest absolute Gasteiger partial charge is 0.242 e. The fourth-order valence-corrected chi connectivity index (χ4v) is 4.49. The Morgan fingerprint density at radius 3 is 2.92 bits per heavy atom. The van der Waals surface area contributed by atoms with Crippen molar-refractivity contribution in [1.82, 2.24) is 15.5 Å². The zero-order valence-electron chi connectivity index (χ0n) is 14.9. The van der Waals surface area contributed by atoms with Crippen molar-refractivity contribution < 1.29 is 4.79 Å². The minimum Gasteiger partial charge on any atom is -0.356 e. The second kappa shape index (κ2) is 9.64. The van der Waals surface area contributed by atoms with Crippen LogP contribution in [0, 0.1) is 0 Å². The minimum atomic E-state index is 0.114. The third-order valence-electron chi connectivity index (χ3n) is 4.20. The maximum atomic E-state index is 12.4. The topological polar surface area (TPSA) is 56.7 Å². The van der Waals surface area contributed by atoms with Gasteiger partial charge in [0.25, 0.3) is 0 Å². The largest absolute Gasteiger partial charge is 0.356 e. The lowest BCUT2D eigenvalue weighted by molar-refractivity contribution is -0.130. The van der Waals surface area contributed by atoms with Gasteiger partial charge in [0.05, 0.1) is 6.54 Å². The average molecular weight is 389 g/mol. The molecule has 3 rings (SSSR count). The number of guanidine groups is 1. The summed E-state index contributed by atoms with van der Waals surface area (Å²) in [5.74, 6) is 1.72. The second-order valence-electron chi connectivity index (χ2n) is 5.95. The molecule has 5 nitrogen and oxygen atoms in total. The van der Waals surface area contributed by atoms with E-state index in [-0.39, 0.29) is 12.5 Å². The van der Waals surface area contributed by atoms with Crippen LogP contribution in [-0.4, -0.2) is 49.2 Å². The summed E-state index contributed by atoms with van der Waals surface area (Å²) in [4.78, 5) is 21.2. The van der Waals surface area contributed by atoms with Crippen LogP contribution < -0.4 is 10.6 Å². The highest BCUT2D eigenvalue weighted by Crippen LogP contribution is 2.23. The Hall–Kier alpha value is -1.99. The van der Waals surface area contributed by atoms with E-state index in [1.54, 1.807) is 30.1 Å². The van der Waals surface area contributed by atoms with E-state index < -0.39 is 0 Å². The molecular weight excluding hydrogens is 364 g/mol. The van der Waals surface area contributed by atoms with Crippen molar-refractivity contribution in [1.29, 1.82) is 0 Å². The normalized spacial score (nSPS) is 14.0. The quantitative estimate of drug-likeness (QED) is 0.346. The molecule has 0 aliphatic carbocycles. The summed E-state index contributed by atoms with van der Waals surface area (Å²) < 4.78 is 0. The molecule has 0 saturated carbocycles. The van der Waals surface area contributed by atoms with E-state index in [0.29, 0.717) is 5.96 Å². The monoisotopic (exact) mass is 388 g/mol. The molecule has 2 N–H and O–H groups in total. The lowest BCUT2D eigenvalue weighted by atomic mass is 10.1. The van der Waals surface area contributed by atoms with Gasteiger partial charge in [0, 0.05) is 42.2 Å². The van der Waals surface area contributed by atoms with Crippen molar-refractivity contribution in [2.45, 2.75) is 17.9 Å². The summed E-state index contributed by atoms with van der Waals surface area (Å²) in [5, 5.41) is 8.49. The van der Waals surface area contributed by atoms with Crippen molar-refractivity contribution >= 4 is 35.0 Å². The zero-order chi connectivity index (χ0) is 18.2. The van der Waals surface area contributed by atoms with E-state index in [0.717, 1.165) is 31.8 Å². The predicted octanol–water partition coefficient (Wildman–Crippen LogP) is 2.59. The molecule has 0 bridgehead atoms. The lowest BCUT2D eigenvalue weighted by Gasteiger charge is -2.27. The summed E-state index contributed by atoms with van der Waals surface area (Å²) in [6, 6.07) is 12.4. The highest BCUT2D eigenvalue weighted by molar-refractivity contribution is 7.99. The van der Waals surface area contributed by atoms with Gasteiger partial charge in [-0.15, -0.1) is 23.1 Å². The average Bonchev–Trinajstić information content (AvgIpc) is 3.16. The Labute approximate surface area is 162 Å². The van der Waals surface area contributed by atoms with Gasteiger partial charge in [-0.2, -0.15) is 0 Å². The van der Waals surface area contributed by atoms with Crippen molar-refractivity contribution in [3.63, 3.8) is 0 Å². The van der Waals surface area contributed by atoms with E-state index in [2.05, 4.69) is 39.2 Å². The lowest BCUT2D eigenvalue weighted by Crippen LogP contribution is -2.46. The van der Waals surface area contributed by atoms with Crippen LogP contribution in [0.25, 0.3) is 0 Å². The number of carbonyl (C=O) groups is 1. The molecule has 2 heterocycles. The number of aliphatic imine (C=N–C) groups is 1. The van der Waals surface area contributed by atoms with Gasteiger partial charge in [0.15, 0.2) is 5.96 Å². The van der Waals surface area contributed by atoms with E-state index in [4.69, 9.17) is 0 Å². The van der Waals surface area contributed by atoms with E-state index in [9.17, 15) is 4.79 Å². The molecule has 138 valence electrons. The molecule has 1 aliphatic rings. The van der Waals surface area contributed by atoms with Gasteiger partial charge >= 0.3 is 0 Å². The highest BCUT2D eigenvalue weighted by atomic mass is 32.2. The van der Waals surface area contributed by atoms with Crippen LogP contribution >= 0.6 is 23.1 Å². The first kappa shape index (κ1) is 18.8. The number of thioether (sulfide) groups is 1. The fraction of sp³-hybridized carbons (Fsp3) is 0.368. The molecule has 2 aromatic rings. The number of hydrogen-bond donors (Lipinski definition) is 2. The fourth-order valence-electron chi connectivity index (χ4n) is 2.81. The first-order valence-corrected chi connectivity index (χ1v) is 10.6. The van der Waals surface area contributed by atoms with Crippen LogP contribution in [0.4, 0.5) is 0 Å². The second-order valence-corrected chi connectivity index (χ2v) is 8.12. The minimum absolute atomic E-state index is 0.114. The number of amides is 1. The molecule has 1 aromatic carbocycles. The van der Waals surface area contributed by atoms with Gasteiger partial charge in [0.2, 0.25) is 5.91 Å². The maximum absolute atomic E-state index is 12.4. The van der Waals surface area contributed by atoms with Crippen LogP contribution in [0.2, 0.25) is 0 Å². The number of nitrogens with one attached hydrogen (secondary N) is 2. The molecule has 1 aliphatic heterocycles. The Bertz CT molecular complexity index is 745. The third kappa shape index (κ3) is 5.25. The van der Waals surface area contributed by atoms with Crippen molar-refractivity contribution in [2.75, 3.05) is 32.4 Å². The predicted molar refractivity (Wildman–Crippen MR) is 110 cm³/mol. The SMILES string of the molecule is CN=C(NCCSc1ccccc1)NCC(=O)N1CCc2sccc2C1. The van der Waals surface area contributed by atoms with Crippen molar-refractivity contribution in [3.8, 4) is 0 Å². The van der Waals surface area contributed by atoms with Gasteiger partial charge in [-0.1, -0.05) is 18.2 Å². The molecule has 7 heteroatoms. The summed E-state index contributed by atoms with van der Waals surface area (Å²) in [5.41, 5.74) is 1.29. The number of hydrogen-bond acceptors (Lipinski definition) is 4. The molecule has 0 unspecified atom stereocenters. The van der Waals surface area contributed by atoms with Gasteiger partial charge in [-0.25, -0.2) is 0 Å². The zero-order valence-corrected chi connectivity index (χ0v) is 16.5. The van der Waals surface area contributed by atoms with E-state index in [1.165, 1.54) is 15.3 Å². The van der Waals surface area contributed by atoms with Gasteiger partial charge in [0.1, 0.15) is 0 Å². The number of benzene rings is 1. The van der Waals surface area contributed by atoms with Crippen molar-refractivity contribution in [2.24, 2.45) is 4.99 Å². The molecule has 0 radical (unpaired) electrons. The standard InChI is InChI=1S/C19H24N4OS2/c1-20-19(21-9-12-25-16-5-3-2-4-6-16)22-13-18(24)23-10-7-17-15(14-23)8-11-26-17/h2-6,8,11H,7,9-10,12-14H2,1H3,(H2,20,21,22). The number of carbonyl (C=O) groups excluding carboxylic acids is 1. The van der Waals surface area contributed by atoms with Crippen LogP contribution in [0.1, 0.15) is 10.4 Å². The van der Waals surface area contributed by atoms with E-state index >= 15 is 0 Å². The summed E-state index contributed by atoms with van der Waals surface area (Å²) in [6.45, 7) is 2.58. The number of rotatable bonds is 6. The van der Waals surface area contributed by atoms with Crippen LogP contribution in [0.15, 0.2) is 51.7 Å². The summed E-state index contributed by atoms with van der Waals surface area (Å²) >= 11 is 3.58. The Kier molecular flexibility index (Phi) is 6.96. The number of fused-ring (bicyclic) bond motifs is 1. The summed E-state index contributed by atoms with van der Waals surface area (Å²) in [7, 11) is 1.72. The van der Waals surface area contributed by atoms with Crippen LogP contribution in [0.5, 0.6) is 0 Å². The Morgan fingerprint density at radius 2 is 2.12 bits per heavy atom. The van der Waals surface area contributed by atoms with Gasteiger partial charge in [-0.05, 0) is 35.6 Å². The first-order chi connectivity index (χ1) is 12.8. The molecule has 0 spiro atoms. The first-order valence-electron chi connectivity index (χ1n) is 8.71. The molecular formula is C19H24N4OS2. The van der Waals surface area contributed by atoms with E-state index in [1.807, 2.05) is 23.1 Å². The number of nitrogens with zero attached hydrogens (tertiary/aromatic N) is 2. The third-order valence-corrected chi connectivity index (χ3v) is 6.23. The van der Waals surface area contributed by atoms with Crippen LogP contribution in [-0.2, 0) is 17.8 Å². The Balaban J connectivity index is 1.36. The molecule has 0 fully saturated rings. The highest BCUT2D eigenvalue weighted by Gasteiger charge is 2.21. The molecule has 1 aromatic heterocycles. The molecule has 0 atom stereocenters. The Morgan fingerprint density at radius 1 is 1.27 bits per heavy atom. The van der Waals surface area contributed by atoms with Gasteiger partial charge in [-0.3, -0.25) is 9.79 Å². The summed E-state index contributed by atoms with van der Waals surface area (Å²) in [6.07, 6.45) is 0.961. The van der Waals surface area contributed by atoms with Crippen molar-refractivity contribution in [3.05, 3.63) is 52.2 Å².